The summed E-state index contributed by atoms with van der Waals surface area (Å²) < 4.78 is 18.4. The number of nitrogens with zero attached hydrogens (tertiary/aromatic N) is 1. The van der Waals surface area contributed by atoms with Gasteiger partial charge < -0.3 is 41.9 Å². The van der Waals surface area contributed by atoms with E-state index in [2.05, 4.69) is 34.9 Å². The molecule has 10 nitrogen and oxygen atoms in total. The highest BCUT2D eigenvalue weighted by molar-refractivity contribution is 5.80. The third kappa shape index (κ3) is 26.9. The predicted molar refractivity (Wildman–Crippen MR) is 235 cm³/mol. The molecule has 1 heterocycles. The second-order valence-corrected chi connectivity index (χ2v) is 18.7. The Labute approximate surface area is 367 Å². The van der Waals surface area contributed by atoms with E-state index < -0.39 is 48.1 Å². The lowest BCUT2D eigenvalue weighted by Gasteiger charge is -2.26. The van der Waals surface area contributed by atoms with Crippen molar-refractivity contribution in [2.75, 3.05) is 33.8 Å². The molecule has 0 spiro atoms. The van der Waals surface area contributed by atoms with E-state index in [-0.39, 0.29) is 49.9 Å². The fraction of sp³-hybridized carbons (Fsp3) is 0.917. The third-order valence-electron chi connectivity index (χ3n) is 12.6. The van der Waals surface area contributed by atoms with Crippen LogP contribution in [0.4, 0.5) is 0 Å². The lowest BCUT2D eigenvalue weighted by molar-refractivity contribution is -0.880. The minimum atomic E-state index is -0.794. The number of primary amides is 1. The van der Waals surface area contributed by atoms with Gasteiger partial charge in [0.1, 0.15) is 12.2 Å². The molecule has 59 heavy (non-hydrogen) atoms. The number of hydrogen-bond donors (Lipinski definition) is 2. The highest BCUT2D eigenvalue weighted by atomic mass is 35.5. The molecule has 3 N–H and O–H groups in total. The summed E-state index contributed by atoms with van der Waals surface area (Å²) in [6.07, 6.45) is 20.8. The summed E-state index contributed by atoms with van der Waals surface area (Å²) in [5.41, 5.74) is 6.09. The second kappa shape index (κ2) is 33.7. The summed E-state index contributed by atoms with van der Waals surface area (Å²) in [5, 5.41) is 10.7. The highest BCUT2D eigenvalue weighted by Crippen LogP contribution is 2.37. The zero-order valence-electron chi connectivity index (χ0n) is 39.1. The van der Waals surface area contributed by atoms with Gasteiger partial charge in [0.15, 0.2) is 0 Å². The van der Waals surface area contributed by atoms with Gasteiger partial charge in [-0.15, -0.1) is 0 Å². The third-order valence-corrected chi connectivity index (χ3v) is 12.6. The largest absolute Gasteiger partial charge is 1.00 e. The van der Waals surface area contributed by atoms with Crippen molar-refractivity contribution in [3.05, 3.63) is 0 Å². The van der Waals surface area contributed by atoms with Gasteiger partial charge in [0.25, 0.3) is 0 Å². The number of ether oxygens (including phenoxy) is 3. The molecule has 0 aromatic rings. The predicted octanol–water partition coefficient (Wildman–Crippen LogP) is 7.25. The molecule has 11 heteroatoms. The highest BCUT2D eigenvalue weighted by Gasteiger charge is 2.41. The van der Waals surface area contributed by atoms with Crippen LogP contribution in [-0.4, -0.2) is 85.5 Å². The average Bonchev–Trinajstić information content (AvgIpc) is 3.45. The summed E-state index contributed by atoms with van der Waals surface area (Å²) in [6, 6.07) is 0. The summed E-state index contributed by atoms with van der Waals surface area (Å²) >= 11 is 0. The van der Waals surface area contributed by atoms with Crippen LogP contribution in [0.5, 0.6) is 0 Å². The molecule has 1 aliphatic heterocycles. The second-order valence-electron chi connectivity index (χ2n) is 18.7. The van der Waals surface area contributed by atoms with Gasteiger partial charge in [0.2, 0.25) is 5.91 Å². The molecule has 348 valence electrons. The molecule has 8 atom stereocenters. The van der Waals surface area contributed by atoms with Crippen molar-refractivity contribution < 1.29 is 55.4 Å². The molecule has 0 aliphatic carbocycles. The van der Waals surface area contributed by atoms with Crippen molar-refractivity contribution in [2.24, 2.45) is 35.3 Å². The van der Waals surface area contributed by atoms with Crippen molar-refractivity contribution in [1.29, 1.82) is 0 Å². The van der Waals surface area contributed by atoms with Crippen molar-refractivity contribution in [2.45, 2.75) is 220 Å². The Morgan fingerprint density at radius 1 is 0.678 bits per heavy atom. The SMILES string of the molecule is CCCCCCCCCCCCC1C[N+](C)(C)CC1CC(CCC(CC(=O)OC(CC(O)CCC)CC(CCC)OC(C)=O)C(=O)OCC(CC)CCCC)C(N)=O.[Cl-]. The first kappa shape index (κ1) is 57.1. The number of aliphatic hydroxyl groups is 1. The molecule has 8 unspecified atom stereocenters. The minimum absolute atomic E-state index is 0. The number of rotatable bonds is 36. The van der Waals surface area contributed by atoms with Gasteiger partial charge in [0.05, 0.1) is 52.2 Å². The number of halogens is 1. The Bertz CT molecular complexity index is 1120. The fourth-order valence-corrected chi connectivity index (χ4v) is 9.25. The van der Waals surface area contributed by atoms with Crippen LogP contribution in [0.1, 0.15) is 202 Å². The Balaban J connectivity index is 0.0000336. The lowest BCUT2D eigenvalue weighted by atomic mass is 9.81. The minimum Gasteiger partial charge on any atom is -1.00 e. The van der Waals surface area contributed by atoms with E-state index in [0.717, 1.165) is 62.5 Å². The number of carbonyl (C=O) groups is 4. The monoisotopic (exact) mass is 859 g/mol. The Hall–Kier alpha value is -1.91. The van der Waals surface area contributed by atoms with Crippen molar-refractivity contribution >= 4 is 23.8 Å². The van der Waals surface area contributed by atoms with Crippen LogP contribution in [0.25, 0.3) is 0 Å². The Morgan fingerprint density at radius 2 is 1.25 bits per heavy atom. The van der Waals surface area contributed by atoms with Gasteiger partial charge in [-0.2, -0.15) is 0 Å². The molecular weight excluding hydrogens is 768 g/mol. The maximum atomic E-state index is 13.8. The number of esters is 3. The van der Waals surface area contributed by atoms with Crippen LogP contribution in [-0.2, 0) is 33.4 Å². The number of likely N-dealkylation sites (tertiary alicyclic amines) is 1. The Morgan fingerprint density at radius 3 is 1.81 bits per heavy atom. The van der Waals surface area contributed by atoms with Crippen LogP contribution < -0.4 is 18.1 Å². The van der Waals surface area contributed by atoms with Crippen molar-refractivity contribution in [1.82, 2.24) is 0 Å². The number of nitrogens with two attached hydrogens (primary N) is 1. The van der Waals surface area contributed by atoms with Crippen molar-refractivity contribution in [3.8, 4) is 0 Å². The maximum Gasteiger partial charge on any atom is 0.309 e. The van der Waals surface area contributed by atoms with Crippen LogP contribution in [0.2, 0.25) is 0 Å². The van der Waals surface area contributed by atoms with Crippen LogP contribution >= 0.6 is 0 Å². The molecule has 0 radical (unpaired) electrons. The van der Waals surface area contributed by atoms with E-state index >= 15 is 0 Å². The molecule has 1 fully saturated rings. The summed E-state index contributed by atoms with van der Waals surface area (Å²) in [7, 11) is 4.55. The van der Waals surface area contributed by atoms with Gasteiger partial charge in [-0.3, -0.25) is 19.2 Å². The van der Waals surface area contributed by atoms with E-state index in [4.69, 9.17) is 19.9 Å². The van der Waals surface area contributed by atoms with E-state index in [0.29, 0.717) is 44.1 Å². The quantitative estimate of drug-likeness (QED) is 0.0291. The van der Waals surface area contributed by atoms with Crippen LogP contribution in [0.3, 0.4) is 0 Å². The van der Waals surface area contributed by atoms with E-state index in [1.54, 1.807) is 0 Å². The molecule has 0 aromatic carbocycles. The van der Waals surface area contributed by atoms with E-state index in [1.165, 1.54) is 71.1 Å². The van der Waals surface area contributed by atoms with Crippen LogP contribution in [0, 0.1) is 29.6 Å². The number of amides is 1. The molecule has 0 bridgehead atoms. The normalized spacial score (nSPS) is 19.1. The first-order valence-corrected chi connectivity index (χ1v) is 24.0. The summed E-state index contributed by atoms with van der Waals surface area (Å²) in [4.78, 5) is 52.4. The van der Waals surface area contributed by atoms with Crippen molar-refractivity contribution in [3.63, 3.8) is 0 Å². The van der Waals surface area contributed by atoms with Gasteiger partial charge in [-0.25, -0.2) is 0 Å². The van der Waals surface area contributed by atoms with Gasteiger partial charge in [-0.1, -0.05) is 131 Å². The topological polar surface area (TPSA) is 142 Å². The zero-order valence-corrected chi connectivity index (χ0v) is 39.9. The van der Waals surface area contributed by atoms with Gasteiger partial charge >= 0.3 is 17.9 Å². The molecule has 0 saturated carbocycles. The first-order valence-electron chi connectivity index (χ1n) is 24.0. The average molecular weight is 860 g/mol. The van der Waals surface area contributed by atoms with Gasteiger partial charge in [0, 0.05) is 37.5 Å². The first-order chi connectivity index (χ1) is 27.7. The lowest BCUT2D eigenvalue weighted by Crippen LogP contribution is -3.00. The summed E-state index contributed by atoms with van der Waals surface area (Å²) in [5.74, 6) is -1.83. The Kier molecular flexibility index (Phi) is 32.6. The standard InChI is InChI=1S/C48H90N2O8.ClH/c1-9-14-16-17-18-19-20-21-22-23-27-41-34-50(7,8)35-42(41)30-39(47(49)54)28-29-40(48(55)56-36-38(13-5)26-15-10-2)31-46(53)58-45(32-43(52)24-11-3)33-44(25-12-4)57-37(6)51;/h38-45,52H,9-36H2,1-8H3,(H-,49,54);1H. The zero-order chi connectivity index (χ0) is 43.3. The molecule has 1 saturated heterocycles. The van der Waals surface area contributed by atoms with E-state index in [9.17, 15) is 24.3 Å². The molecule has 1 rings (SSSR count). The van der Waals surface area contributed by atoms with Crippen LogP contribution in [0.15, 0.2) is 0 Å². The number of quaternary nitrogens is 1. The number of aliphatic hydroxyl groups excluding tert-OH is 1. The van der Waals surface area contributed by atoms with E-state index in [1.807, 2.05) is 13.8 Å². The maximum absolute atomic E-state index is 13.8. The molecule has 1 amide bonds. The fourth-order valence-electron chi connectivity index (χ4n) is 9.25. The van der Waals surface area contributed by atoms with Gasteiger partial charge in [-0.05, 0) is 50.9 Å². The summed E-state index contributed by atoms with van der Waals surface area (Å²) in [6.45, 7) is 14.2. The molecule has 1 aliphatic rings. The number of unbranched alkanes of at least 4 members (excludes halogenated alkanes) is 10. The smallest absolute Gasteiger partial charge is 0.309 e. The number of carbonyl (C=O) groups excluding carboxylic acids is 4. The molecule has 0 aromatic heterocycles. The molecular formula is C48H91ClN2O8. The number of hydrogen-bond acceptors (Lipinski definition) is 8.